The molecule has 0 fully saturated rings. The maximum absolute atomic E-state index is 9.51. The fraction of sp³-hybridized carbons (Fsp3) is 1.00. The Kier molecular flexibility index (Phi) is 8.27. The molecule has 0 aromatic heterocycles. The third-order valence-corrected chi connectivity index (χ3v) is 6.25. The highest BCUT2D eigenvalue weighted by Crippen LogP contribution is 2.19. The van der Waals surface area contributed by atoms with Gasteiger partial charge in [0.2, 0.25) is 0 Å². The Hall–Kier alpha value is 1.84. The molecule has 12 heavy (non-hydrogen) atoms. The molecule has 0 radical (unpaired) electrons. The highest BCUT2D eigenvalue weighted by atomic mass is 79.9. The van der Waals surface area contributed by atoms with Crippen LogP contribution < -0.4 is 0 Å². The zero-order chi connectivity index (χ0) is 9.72. The number of halogens is 4. The van der Waals surface area contributed by atoms with E-state index in [1.807, 2.05) is 0 Å². The Morgan fingerprint density at radius 2 is 1.08 bits per heavy atom. The summed E-state index contributed by atoms with van der Waals surface area (Å²) in [5, 5.41) is 20.2. The summed E-state index contributed by atoms with van der Waals surface area (Å²) in [5.41, 5.74) is 0. The molecule has 0 saturated carbocycles. The molecule has 0 heterocycles. The van der Waals surface area contributed by atoms with Crippen LogP contribution in [0.15, 0.2) is 0 Å². The van der Waals surface area contributed by atoms with Gasteiger partial charge in [0.05, 0.1) is 21.9 Å². The molecule has 0 amide bonds. The zero-order valence-electron chi connectivity index (χ0n) is 6.13. The van der Waals surface area contributed by atoms with E-state index >= 15 is 0 Å². The van der Waals surface area contributed by atoms with Crippen molar-refractivity contribution in [3.05, 3.63) is 0 Å². The predicted octanol–water partition coefficient (Wildman–Crippen LogP) is 2.02. The van der Waals surface area contributed by atoms with Crippen molar-refractivity contribution in [1.82, 2.24) is 0 Å². The van der Waals surface area contributed by atoms with Crippen LogP contribution in [0.2, 0.25) is 0 Å². The van der Waals surface area contributed by atoms with E-state index < -0.39 is 12.2 Å². The lowest BCUT2D eigenvalue weighted by atomic mass is 10.1. The van der Waals surface area contributed by atoms with Crippen molar-refractivity contribution < 1.29 is 10.2 Å². The largest absolute Gasteiger partial charge is 0.389 e. The molecular weight excluding hydrogens is 424 g/mol. The van der Waals surface area contributed by atoms with Crippen LogP contribution in [0.5, 0.6) is 0 Å². The molecule has 0 bridgehead atoms. The van der Waals surface area contributed by atoms with E-state index in [4.69, 9.17) is 0 Å². The van der Waals surface area contributed by atoms with Gasteiger partial charge in [0.15, 0.2) is 0 Å². The summed E-state index contributed by atoms with van der Waals surface area (Å²) in [4.78, 5) is -0.266. The molecule has 0 spiro atoms. The Morgan fingerprint density at radius 1 is 0.833 bits per heavy atom. The van der Waals surface area contributed by atoms with Gasteiger partial charge < -0.3 is 10.2 Å². The first-order valence-electron chi connectivity index (χ1n) is 3.30. The number of hydrogen-bond donors (Lipinski definition) is 2. The SMILES string of the molecule is OC(C(Br)CBr)C(O)C(Br)CBr. The first kappa shape index (κ1) is 13.8. The van der Waals surface area contributed by atoms with Gasteiger partial charge in [-0.3, -0.25) is 0 Å². The van der Waals surface area contributed by atoms with Crippen LogP contribution in [0.25, 0.3) is 0 Å². The quantitative estimate of drug-likeness (QED) is 0.651. The van der Waals surface area contributed by atoms with E-state index in [2.05, 4.69) is 63.7 Å². The molecule has 4 atom stereocenters. The van der Waals surface area contributed by atoms with E-state index in [0.29, 0.717) is 10.7 Å². The molecule has 4 unspecified atom stereocenters. The van der Waals surface area contributed by atoms with Crippen molar-refractivity contribution in [2.45, 2.75) is 21.9 Å². The van der Waals surface area contributed by atoms with Gasteiger partial charge in [-0.2, -0.15) is 0 Å². The molecular formula is C6H10Br4O2. The molecule has 0 aliphatic heterocycles. The van der Waals surface area contributed by atoms with Gasteiger partial charge in [-0.25, -0.2) is 0 Å². The smallest absolute Gasteiger partial charge is 0.0943 e. The topological polar surface area (TPSA) is 40.5 Å². The summed E-state index contributed by atoms with van der Waals surface area (Å²) in [7, 11) is 0. The van der Waals surface area contributed by atoms with Gasteiger partial charge in [0, 0.05) is 10.7 Å². The number of rotatable bonds is 5. The lowest BCUT2D eigenvalue weighted by Gasteiger charge is -2.24. The van der Waals surface area contributed by atoms with Gasteiger partial charge in [0.1, 0.15) is 0 Å². The molecule has 0 saturated heterocycles. The fourth-order valence-corrected chi connectivity index (χ4v) is 2.00. The van der Waals surface area contributed by atoms with E-state index in [1.54, 1.807) is 0 Å². The Labute approximate surface area is 106 Å². The standard InChI is InChI=1S/C6H10Br4O2/c7-1-3(9)5(11)6(12)4(10)2-8/h3-6,11-12H,1-2H2. The van der Waals surface area contributed by atoms with Crippen molar-refractivity contribution in [2.24, 2.45) is 0 Å². The fourth-order valence-electron chi connectivity index (χ4n) is 0.610. The predicted molar refractivity (Wildman–Crippen MR) is 65.0 cm³/mol. The third-order valence-electron chi connectivity index (χ3n) is 1.39. The van der Waals surface area contributed by atoms with Gasteiger partial charge >= 0.3 is 0 Å². The third kappa shape index (κ3) is 4.37. The van der Waals surface area contributed by atoms with Gasteiger partial charge in [-0.1, -0.05) is 63.7 Å². The van der Waals surface area contributed by atoms with E-state index in [1.165, 1.54) is 0 Å². The van der Waals surface area contributed by atoms with Crippen molar-refractivity contribution in [3.63, 3.8) is 0 Å². The maximum atomic E-state index is 9.51. The monoisotopic (exact) mass is 430 g/mol. The average molecular weight is 434 g/mol. The normalized spacial score (nSPS) is 21.5. The summed E-state index contributed by atoms with van der Waals surface area (Å²) in [5.74, 6) is 0. The number of hydrogen-bond acceptors (Lipinski definition) is 2. The lowest BCUT2D eigenvalue weighted by molar-refractivity contribution is 0.0263. The van der Waals surface area contributed by atoms with Crippen LogP contribution >= 0.6 is 63.7 Å². The minimum Gasteiger partial charge on any atom is -0.389 e. The minimum absolute atomic E-state index is 0.133. The first-order chi connectivity index (χ1) is 5.54. The molecule has 0 aliphatic carbocycles. The molecule has 74 valence electrons. The Balaban J connectivity index is 3.99. The van der Waals surface area contributed by atoms with Gasteiger partial charge in [0.25, 0.3) is 0 Å². The highest BCUT2D eigenvalue weighted by molar-refractivity contribution is 9.12. The van der Waals surface area contributed by atoms with Crippen molar-refractivity contribution in [2.75, 3.05) is 10.7 Å². The van der Waals surface area contributed by atoms with Gasteiger partial charge in [-0.15, -0.1) is 0 Å². The molecule has 0 aromatic carbocycles. The minimum atomic E-state index is -0.772. The molecule has 0 aliphatic rings. The van der Waals surface area contributed by atoms with Crippen molar-refractivity contribution in [1.29, 1.82) is 0 Å². The highest BCUT2D eigenvalue weighted by Gasteiger charge is 2.28. The molecule has 2 nitrogen and oxygen atoms in total. The van der Waals surface area contributed by atoms with Crippen LogP contribution in [0.1, 0.15) is 0 Å². The lowest BCUT2D eigenvalue weighted by Crippen LogP contribution is -2.41. The Bertz CT molecular complexity index is 110. The van der Waals surface area contributed by atoms with E-state index in [-0.39, 0.29) is 9.65 Å². The van der Waals surface area contributed by atoms with Crippen LogP contribution in [0, 0.1) is 0 Å². The van der Waals surface area contributed by atoms with E-state index in [0.717, 1.165) is 0 Å². The second-order valence-corrected chi connectivity index (χ2v) is 5.97. The van der Waals surface area contributed by atoms with Crippen LogP contribution in [-0.2, 0) is 0 Å². The van der Waals surface area contributed by atoms with Crippen molar-refractivity contribution >= 4 is 63.7 Å². The van der Waals surface area contributed by atoms with Crippen LogP contribution in [0.3, 0.4) is 0 Å². The zero-order valence-corrected chi connectivity index (χ0v) is 12.5. The van der Waals surface area contributed by atoms with Crippen molar-refractivity contribution in [3.8, 4) is 0 Å². The maximum Gasteiger partial charge on any atom is 0.0943 e. The molecule has 6 heteroatoms. The second-order valence-electron chi connectivity index (χ2n) is 2.32. The summed E-state index contributed by atoms with van der Waals surface area (Å²) in [6, 6.07) is 0. The summed E-state index contributed by atoms with van der Waals surface area (Å²) in [6.45, 7) is 0. The number of aliphatic hydroxyl groups excluding tert-OH is 2. The molecule has 0 aromatic rings. The summed E-state index contributed by atoms with van der Waals surface area (Å²) in [6.07, 6.45) is -1.54. The summed E-state index contributed by atoms with van der Waals surface area (Å²) < 4.78 is 0. The van der Waals surface area contributed by atoms with Crippen LogP contribution in [-0.4, -0.2) is 42.7 Å². The second kappa shape index (κ2) is 7.17. The van der Waals surface area contributed by atoms with Crippen LogP contribution in [0.4, 0.5) is 0 Å². The molecule has 0 rings (SSSR count). The number of alkyl halides is 4. The Morgan fingerprint density at radius 3 is 1.25 bits per heavy atom. The number of aliphatic hydroxyl groups is 2. The van der Waals surface area contributed by atoms with Gasteiger partial charge in [-0.05, 0) is 0 Å². The van der Waals surface area contributed by atoms with E-state index in [9.17, 15) is 10.2 Å². The first-order valence-corrected chi connectivity index (χ1v) is 7.38. The molecule has 2 N–H and O–H groups in total. The summed E-state index contributed by atoms with van der Waals surface area (Å²) >= 11 is 12.9. The average Bonchev–Trinajstić information content (AvgIpc) is 2.12.